The van der Waals surface area contributed by atoms with Crippen LogP contribution in [-0.2, 0) is 9.53 Å². The average Bonchev–Trinajstić information content (AvgIpc) is 2.88. The summed E-state index contributed by atoms with van der Waals surface area (Å²) in [6.45, 7) is 1.90. The smallest absolute Gasteiger partial charge is 0.315 e. The molecule has 0 saturated carbocycles. The average molecular weight is 475 g/mol. The molecule has 1 atom stereocenters. The van der Waals surface area contributed by atoms with Crippen LogP contribution in [0.2, 0.25) is 0 Å². The molecule has 0 aromatic heterocycles. The topological polar surface area (TPSA) is 99.9 Å². The van der Waals surface area contributed by atoms with E-state index in [1.165, 1.54) is 13.2 Å². The zero-order valence-corrected chi connectivity index (χ0v) is 19.5. The lowest BCUT2D eigenvalue weighted by Gasteiger charge is -2.30. The SMILES string of the molecule is CCOc1cc(C2CC(=O)NC(c3ccccc3)=C2c2ccccc2)cc([N+](=O)[O-])c1OCOC. The Hall–Kier alpha value is -4.17. The van der Waals surface area contributed by atoms with E-state index in [9.17, 15) is 14.9 Å². The first kappa shape index (κ1) is 24.0. The zero-order chi connectivity index (χ0) is 24.8. The van der Waals surface area contributed by atoms with Crippen LogP contribution in [0.1, 0.15) is 36.0 Å². The summed E-state index contributed by atoms with van der Waals surface area (Å²) in [4.78, 5) is 24.4. The summed E-state index contributed by atoms with van der Waals surface area (Å²) in [5, 5.41) is 15.0. The Bertz CT molecular complexity index is 1240. The lowest BCUT2D eigenvalue weighted by molar-refractivity contribution is -0.386. The summed E-state index contributed by atoms with van der Waals surface area (Å²) in [5.41, 5.74) is 3.66. The molecule has 1 N–H and O–H groups in total. The molecule has 1 amide bonds. The molecule has 3 aromatic carbocycles. The Morgan fingerprint density at radius 2 is 1.66 bits per heavy atom. The third-order valence-electron chi connectivity index (χ3n) is 5.70. The van der Waals surface area contributed by atoms with Crippen molar-refractivity contribution >= 4 is 22.9 Å². The van der Waals surface area contributed by atoms with E-state index in [1.807, 2.05) is 60.7 Å². The van der Waals surface area contributed by atoms with E-state index in [2.05, 4.69) is 5.32 Å². The Balaban J connectivity index is 1.96. The van der Waals surface area contributed by atoms with Crippen molar-refractivity contribution in [2.24, 2.45) is 0 Å². The number of ether oxygens (including phenoxy) is 3. The summed E-state index contributed by atoms with van der Waals surface area (Å²) in [5.74, 6) is -0.394. The summed E-state index contributed by atoms with van der Waals surface area (Å²) >= 11 is 0. The van der Waals surface area contributed by atoms with Gasteiger partial charge in [0.15, 0.2) is 12.5 Å². The number of carbonyl (C=O) groups excluding carboxylic acids is 1. The molecule has 1 unspecified atom stereocenters. The van der Waals surface area contributed by atoms with Crippen molar-refractivity contribution in [3.8, 4) is 11.5 Å². The maximum atomic E-state index is 12.9. The molecule has 0 spiro atoms. The summed E-state index contributed by atoms with van der Waals surface area (Å²) in [7, 11) is 1.43. The Morgan fingerprint density at radius 1 is 1.00 bits per heavy atom. The minimum Gasteiger partial charge on any atom is -0.490 e. The molecule has 8 heteroatoms. The van der Waals surface area contributed by atoms with Gasteiger partial charge in [0.25, 0.3) is 0 Å². The maximum Gasteiger partial charge on any atom is 0.315 e. The van der Waals surface area contributed by atoms with Gasteiger partial charge >= 0.3 is 5.69 Å². The highest BCUT2D eigenvalue weighted by atomic mass is 16.7. The fourth-order valence-electron chi connectivity index (χ4n) is 4.27. The van der Waals surface area contributed by atoms with Gasteiger partial charge in [-0.25, -0.2) is 0 Å². The van der Waals surface area contributed by atoms with Gasteiger partial charge in [-0.05, 0) is 35.3 Å². The van der Waals surface area contributed by atoms with Gasteiger partial charge in [0, 0.05) is 25.5 Å². The molecule has 0 bridgehead atoms. The van der Waals surface area contributed by atoms with E-state index in [4.69, 9.17) is 14.2 Å². The van der Waals surface area contributed by atoms with Crippen LogP contribution in [-0.4, -0.2) is 31.3 Å². The number of carbonyl (C=O) groups is 1. The molecule has 0 aliphatic carbocycles. The van der Waals surface area contributed by atoms with E-state index in [0.29, 0.717) is 11.3 Å². The van der Waals surface area contributed by atoms with Gasteiger partial charge in [0.1, 0.15) is 0 Å². The van der Waals surface area contributed by atoms with Crippen molar-refractivity contribution in [1.82, 2.24) is 5.32 Å². The number of hydrogen-bond acceptors (Lipinski definition) is 6. The fraction of sp³-hybridized carbons (Fsp3) is 0.222. The largest absolute Gasteiger partial charge is 0.490 e. The number of benzene rings is 3. The molecule has 35 heavy (non-hydrogen) atoms. The van der Waals surface area contributed by atoms with Crippen molar-refractivity contribution in [2.75, 3.05) is 20.5 Å². The molecule has 180 valence electrons. The number of allylic oxidation sites excluding steroid dienone is 1. The number of nitro groups is 1. The molecule has 1 aliphatic heterocycles. The van der Waals surface area contributed by atoms with Crippen molar-refractivity contribution < 1.29 is 23.9 Å². The molecule has 0 fully saturated rings. The third kappa shape index (κ3) is 5.17. The number of nitrogens with one attached hydrogen (secondary N) is 1. The molecular formula is C27H26N2O6. The van der Waals surface area contributed by atoms with Crippen LogP contribution in [0.25, 0.3) is 11.3 Å². The number of methoxy groups -OCH3 is 1. The Morgan fingerprint density at radius 3 is 2.26 bits per heavy atom. The van der Waals surface area contributed by atoms with Crippen molar-refractivity contribution in [1.29, 1.82) is 0 Å². The van der Waals surface area contributed by atoms with Crippen molar-refractivity contribution in [3.63, 3.8) is 0 Å². The van der Waals surface area contributed by atoms with Gasteiger partial charge < -0.3 is 19.5 Å². The number of nitrogens with zero attached hydrogens (tertiary/aromatic N) is 1. The quantitative estimate of drug-likeness (QED) is 0.262. The molecule has 8 nitrogen and oxygen atoms in total. The molecule has 1 aliphatic rings. The van der Waals surface area contributed by atoms with Crippen LogP contribution in [0.5, 0.6) is 11.5 Å². The van der Waals surface area contributed by atoms with E-state index in [1.54, 1.807) is 13.0 Å². The second-order valence-electron chi connectivity index (χ2n) is 7.93. The normalized spacial score (nSPS) is 15.5. The number of rotatable bonds is 9. The Labute approximate surface area is 203 Å². The molecular weight excluding hydrogens is 448 g/mol. The lowest BCUT2D eigenvalue weighted by Crippen LogP contribution is -2.31. The second kappa shape index (κ2) is 10.8. The van der Waals surface area contributed by atoms with Crippen LogP contribution in [0.15, 0.2) is 72.8 Å². The molecule has 0 saturated heterocycles. The lowest BCUT2D eigenvalue weighted by atomic mass is 9.79. The molecule has 1 heterocycles. The van der Waals surface area contributed by atoms with E-state index < -0.39 is 10.8 Å². The van der Waals surface area contributed by atoms with E-state index in [-0.39, 0.29) is 42.9 Å². The van der Waals surface area contributed by atoms with Crippen LogP contribution in [0.3, 0.4) is 0 Å². The van der Waals surface area contributed by atoms with Crippen molar-refractivity contribution in [2.45, 2.75) is 19.3 Å². The maximum absolute atomic E-state index is 12.9. The predicted molar refractivity (Wildman–Crippen MR) is 132 cm³/mol. The highest BCUT2D eigenvalue weighted by Gasteiger charge is 2.33. The van der Waals surface area contributed by atoms with Gasteiger partial charge in [-0.2, -0.15) is 0 Å². The van der Waals surface area contributed by atoms with Crippen LogP contribution < -0.4 is 14.8 Å². The predicted octanol–water partition coefficient (Wildman–Crippen LogP) is 5.15. The van der Waals surface area contributed by atoms with Crippen LogP contribution >= 0.6 is 0 Å². The van der Waals surface area contributed by atoms with Gasteiger partial charge in [-0.15, -0.1) is 0 Å². The summed E-state index contributed by atoms with van der Waals surface area (Å²) in [6.07, 6.45) is 0.127. The monoisotopic (exact) mass is 474 g/mol. The first-order valence-corrected chi connectivity index (χ1v) is 11.2. The Kier molecular flexibility index (Phi) is 7.42. The standard InChI is InChI=1S/C27H26N2O6/c1-3-34-23-15-20(14-22(29(31)32)27(23)35-17-33-2)21-16-24(30)28-26(19-12-8-5-9-13-19)25(21)18-10-6-4-7-11-18/h4-15,21H,3,16-17H2,1-2H3,(H,28,30). The minimum absolute atomic E-state index is 0.00349. The summed E-state index contributed by atoms with van der Waals surface area (Å²) in [6, 6.07) is 22.5. The number of amides is 1. The third-order valence-corrected chi connectivity index (χ3v) is 5.70. The first-order valence-electron chi connectivity index (χ1n) is 11.2. The first-order chi connectivity index (χ1) is 17.0. The fourth-order valence-corrected chi connectivity index (χ4v) is 4.27. The second-order valence-corrected chi connectivity index (χ2v) is 7.93. The number of nitro benzene ring substituents is 1. The molecule has 3 aromatic rings. The molecule has 4 rings (SSSR count). The van der Waals surface area contributed by atoms with Crippen LogP contribution in [0, 0.1) is 10.1 Å². The van der Waals surface area contributed by atoms with Crippen molar-refractivity contribution in [3.05, 3.63) is 99.6 Å². The van der Waals surface area contributed by atoms with E-state index in [0.717, 1.165) is 16.7 Å². The molecule has 0 radical (unpaired) electrons. The van der Waals surface area contributed by atoms with Gasteiger partial charge in [-0.3, -0.25) is 14.9 Å². The highest BCUT2D eigenvalue weighted by Crippen LogP contribution is 2.47. The highest BCUT2D eigenvalue weighted by molar-refractivity contribution is 6.04. The van der Waals surface area contributed by atoms with E-state index >= 15 is 0 Å². The van der Waals surface area contributed by atoms with Crippen LogP contribution in [0.4, 0.5) is 5.69 Å². The van der Waals surface area contributed by atoms with Gasteiger partial charge in [0.2, 0.25) is 11.7 Å². The zero-order valence-electron chi connectivity index (χ0n) is 19.5. The van der Waals surface area contributed by atoms with Gasteiger partial charge in [0.05, 0.1) is 17.2 Å². The number of hydrogen-bond donors (Lipinski definition) is 1. The minimum atomic E-state index is -0.510. The van der Waals surface area contributed by atoms with Gasteiger partial charge in [-0.1, -0.05) is 60.7 Å². The summed E-state index contributed by atoms with van der Waals surface area (Å²) < 4.78 is 16.2.